The summed E-state index contributed by atoms with van der Waals surface area (Å²) in [5, 5.41) is 0. The van der Waals surface area contributed by atoms with Crippen molar-refractivity contribution in [1.29, 1.82) is 0 Å². The van der Waals surface area contributed by atoms with Crippen molar-refractivity contribution in [2.24, 2.45) is 5.92 Å². The quantitative estimate of drug-likeness (QED) is 0.461. The number of methoxy groups -OCH3 is 1. The Hall–Kier alpha value is -0.610. The Kier molecular flexibility index (Phi) is 8.33. The van der Waals surface area contributed by atoms with Gasteiger partial charge in [-0.25, -0.2) is 0 Å². The molecule has 0 rings (SSSR count). The summed E-state index contributed by atoms with van der Waals surface area (Å²) >= 11 is 0. The first-order valence-corrected chi connectivity index (χ1v) is 5.52. The molecule has 0 amide bonds. The summed E-state index contributed by atoms with van der Waals surface area (Å²) in [6, 6.07) is 0. The minimum Gasteiger partial charge on any atom is -0.469 e. The van der Waals surface area contributed by atoms with Crippen molar-refractivity contribution in [1.82, 2.24) is 0 Å². The molecular formula is C11H22O4. The molecule has 4 nitrogen and oxygen atoms in total. The Bertz CT molecular complexity index is 164. The van der Waals surface area contributed by atoms with E-state index in [9.17, 15) is 4.79 Å². The standard InChI is InChI=1S/C11H22O4/c1-5-8-9(10(12)13-4)11(14-6-2)15-7-3/h9,11H,5-8H2,1-4H3. The summed E-state index contributed by atoms with van der Waals surface area (Å²) in [5.41, 5.74) is 0. The van der Waals surface area contributed by atoms with E-state index in [1.807, 2.05) is 20.8 Å². The zero-order valence-electron chi connectivity index (χ0n) is 10.1. The molecule has 0 aromatic rings. The van der Waals surface area contributed by atoms with Crippen molar-refractivity contribution in [3.63, 3.8) is 0 Å². The van der Waals surface area contributed by atoms with Gasteiger partial charge in [-0.1, -0.05) is 13.3 Å². The van der Waals surface area contributed by atoms with Crippen LogP contribution in [-0.2, 0) is 19.0 Å². The number of hydrogen-bond donors (Lipinski definition) is 0. The fourth-order valence-electron chi connectivity index (χ4n) is 1.44. The Labute approximate surface area is 91.9 Å². The van der Waals surface area contributed by atoms with Gasteiger partial charge in [0.05, 0.1) is 7.11 Å². The van der Waals surface area contributed by atoms with Gasteiger partial charge in [0.25, 0.3) is 0 Å². The van der Waals surface area contributed by atoms with Gasteiger partial charge in [0.1, 0.15) is 5.92 Å². The normalized spacial score (nSPS) is 12.9. The smallest absolute Gasteiger partial charge is 0.313 e. The third kappa shape index (κ3) is 5.14. The number of esters is 1. The molecule has 0 aromatic carbocycles. The summed E-state index contributed by atoms with van der Waals surface area (Å²) in [4.78, 5) is 11.5. The maximum absolute atomic E-state index is 11.5. The highest BCUT2D eigenvalue weighted by Crippen LogP contribution is 2.17. The van der Waals surface area contributed by atoms with E-state index < -0.39 is 6.29 Å². The van der Waals surface area contributed by atoms with Crippen LogP contribution in [0.5, 0.6) is 0 Å². The number of hydrogen-bond acceptors (Lipinski definition) is 4. The van der Waals surface area contributed by atoms with Gasteiger partial charge in [0.15, 0.2) is 6.29 Å². The molecule has 90 valence electrons. The van der Waals surface area contributed by atoms with E-state index in [-0.39, 0.29) is 11.9 Å². The first kappa shape index (κ1) is 14.4. The van der Waals surface area contributed by atoms with Crippen molar-refractivity contribution >= 4 is 5.97 Å². The SMILES string of the molecule is CCCC(C(=O)OC)C(OCC)OCC. The molecule has 0 aliphatic heterocycles. The minimum absolute atomic E-state index is 0.260. The summed E-state index contributed by atoms with van der Waals surface area (Å²) < 4.78 is 15.5. The molecule has 0 aromatic heterocycles. The first-order valence-electron chi connectivity index (χ1n) is 5.52. The van der Waals surface area contributed by atoms with Crippen LogP contribution in [0.15, 0.2) is 0 Å². The van der Waals surface area contributed by atoms with Gasteiger partial charge in [0.2, 0.25) is 0 Å². The van der Waals surface area contributed by atoms with Crippen LogP contribution in [0.25, 0.3) is 0 Å². The topological polar surface area (TPSA) is 44.8 Å². The van der Waals surface area contributed by atoms with Gasteiger partial charge in [-0.15, -0.1) is 0 Å². The Morgan fingerprint density at radius 2 is 1.67 bits per heavy atom. The molecule has 0 aliphatic carbocycles. The predicted octanol–water partition coefficient (Wildman–Crippen LogP) is 1.97. The van der Waals surface area contributed by atoms with Gasteiger partial charge in [-0.3, -0.25) is 4.79 Å². The zero-order chi connectivity index (χ0) is 11.7. The van der Waals surface area contributed by atoms with Crippen molar-refractivity contribution in [2.75, 3.05) is 20.3 Å². The summed E-state index contributed by atoms with van der Waals surface area (Å²) in [5.74, 6) is -0.580. The molecule has 0 saturated carbocycles. The molecule has 0 bridgehead atoms. The predicted molar refractivity (Wildman–Crippen MR) is 57.5 cm³/mol. The van der Waals surface area contributed by atoms with E-state index in [1.54, 1.807) is 0 Å². The summed E-state index contributed by atoms with van der Waals surface area (Å²) in [6.07, 6.45) is 1.14. The second-order valence-corrected chi connectivity index (χ2v) is 3.20. The maximum Gasteiger partial charge on any atom is 0.313 e. The van der Waals surface area contributed by atoms with Gasteiger partial charge in [0, 0.05) is 13.2 Å². The molecular weight excluding hydrogens is 196 g/mol. The largest absolute Gasteiger partial charge is 0.469 e. The third-order valence-corrected chi connectivity index (χ3v) is 2.09. The lowest BCUT2D eigenvalue weighted by atomic mass is 10.0. The molecule has 0 N–H and O–H groups in total. The molecule has 0 fully saturated rings. The Morgan fingerprint density at radius 1 is 1.13 bits per heavy atom. The lowest BCUT2D eigenvalue weighted by Gasteiger charge is -2.24. The molecule has 1 unspecified atom stereocenters. The highest BCUT2D eigenvalue weighted by Gasteiger charge is 2.29. The first-order chi connectivity index (χ1) is 7.21. The molecule has 0 saturated heterocycles. The Balaban J connectivity index is 4.42. The number of rotatable bonds is 8. The average Bonchev–Trinajstić information content (AvgIpc) is 2.25. The van der Waals surface area contributed by atoms with Gasteiger partial charge >= 0.3 is 5.97 Å². The van der Waals surface area contributed by atoms with Gasteiger partial charge in [-0.2, -0.15) is 0 Å². The highest BCUT2D eigenvalue weighted by atomic mass is 16.7. The van der Waals surface area contributed by atoms with E-state index in [0.717, 1.165) is 12.8 Å². The molecule has 0 spiro atoms. The molecule has 0 aliphatic rings. The van der Waals surface area contributed by atoms with Crippen molar-refractivity contribution in [3.8, 4) is 0 Å². The van der Waals surface area contributed by atoms with E-state index in [4.69, 9.17) is 14.2 Å². The fraction of sp³-hybridized carbons (Fsp3) is 0.909. The number of carbonyl (C=O) groups excluding carboxylic acids is 1. The van der Waals surface area contributed by atoms with E-state index in [0.29, 0.717) is 13.2 Å². The van der Waals surface area contributed by atoms with Crippen LogP contribution < -0.4 is 0 Å². The Morgan fingerprint density at radius 3 is 2.00 bits per heavy atom. The van der Waals surface area contributed by atoms with Gasteiger partial charge < -0.3 is 14.2 Å². The van der Waals surface area contributed by atoms with Crippen molar-refractivity contribution < 1.29 is 19.0 Å². The molecule has 1 atom stereocenters. The van der Waals surface area contributed by atoms with Crippen LogP contribution in [0, 0.1) is 5.92 Å². The minimum atomic E-state index is -0.479. The van der Waals surface area contributed by atoms with Crippen molar-refractivity contribution in [3.05, 3.63) is 0 Å². The second-order valence-electron chi connectivity index (χ2n) is 3.20. The highest BCUT2D eigenvalue weighted by molar-refractivity contribution is 5.72. The lowest BCUT2D eigenvalue weighted by molar-refractivity contribution is -0.188. The van der Waals surface area contributed by atoms with Crippen molar-refractivity contribution in [2.45, 2.75) is 39.9 Å². The van der Waals surface area contributed by atoms with Crippen LogP contribution >= 0.6 is 0 Å². The fourth-order valence-corrected chi connectivity index (χ4v) is 1.44. The van der Waals surface area contributed by atoms with Crippen LogP contribution in [0.2, 0.25) is 0 Å². The number of carbonyl (C=O) groups is 1. The summed E-state index contributed by atoms with van der Waals surface area (Å²) in [7, 11) is 1.39. The third-order valence-electron chi connectivity index (χ3n) is 2.09. The lowest BCUT2D eigenvalue weighted by Crippen LogP contribution is -2.34. The molecule has 4 heteroatoms. The molecule has 0 radical (unpaired) electrons. The van der Waals surface area contributed by atoms with E-state index in [2.05, 4.69) is 0 Å². The van der Waals surface area contributed by atoms with Gasteiger partial charge in [-0.05, 0) is 20.3 Å². The van der Waals surface area contributed by atoms with Crippen LogP contribution in [0.3, 0.4) is 0 Å². The number of ether oxygens (including phenoxy) is 3. The van der Waals surface area contributed by atoms with Crippen LogP contribution in [0.1, 0.15) is 33.6 Å². The maximum atomic E-state index is 11.5. The zero-order valence-corrected chi connectivity index (χ0v) is 10.1. The molecule has 0 heterocycles. The monoisotopic (exact) mass is 218 g/mol. The second kappa shape index (κ2) is 8.68. The van der Waals surface area contributed by atoms with E-state index in [1.165, 1.54) is 7.11 Å². The van der Waals surface area contributed by atoms with E-state index >= 15 is 0 Å². The average molecular weight is 218 g/mol. The van der Waals surface area contributed by atoms with Crippen LogP contribution in [0.4, 0.5) is 0 Å². The molecule has 15 heavy (non-hydrogen) atoms. The van der Waals surface area contributed by atoms with Crippen LogP contribution in [-0.4, -0.2) is 32.6 Å². The summed E-state index contributed by atoms with van der Waals surface area (Å²) in [6.45, 7) is 6.84.